The van der Waals surface area contributed by atoms with E-state index in [1.54, 1.807) is 6.92 Å². The number of hydrogen-bond acceptors (Lipinski definition) is 5. The molecule has 3 rings (SSSR count). The molecule has 3 aromatic rings. The van der Waals surface area contributed by atoms with Gasteiger partial charge < -0.3 is 4.98 Å². The third-order valence-electron chi connectivity index (χ3n) is 4.08. The van der Waals surface area contributed by atoms with Gasteiger partial charge in [0.05, 0.1) is 22.2 Å². The normalized spacial score (nSPS) is 12.6. The molecular formula is C16H15F3N4O4S. The van der Waals surface area contributed by atoms with E-state index in [1.807, 2.05) is 0 Å². The smallest absolute Gasteiger partial charge is 0.307 e. The fourth-order valence-corrected chi connectivity index (χ4v) is 3.62. The molecule has 0 bridgehead atoms. The first kappa shape index (κ1) is 19.9. The Morgan fingerprint density at radius 1 is 1.21 bits per heavy atom. The van der Waals surface area contributed by atoms with E-state index in [0.717, 1.165) is 12.3 Å². The van der Waals surface area contributed by atoms with Crippen molar-refractivity contribution in [2.75, 3.05) is 6.26 Å². The average molecular weight is 416 g/mol. The molecule has 0 saturated heterocycles. The number of aromatic amines is 1. The van der Waals surface area contributed by atoms with Gasteiger partial charge in [0, 0.05) is 24.6 Å². The Balaban J connectivity index is 2.42. The largest absolute Gasteiger partial charge is 0.417 e. The van der Waals surface area contributed by atoms with Gasteiger partial charge in [0.2, 0.25) is 0 Å². The maximum absolute atomic E-state index is 13.6. The van der Waals surface area contributed by atoms with E-state index in [0.29, 0.717) is 17.2 Å². The molecule has 0 aliphatic carbocycles. The van der Waals surface area contributed by atoms with Crippen LogP contribution in [0.1, 0.15) is 12.5 Å². The van der Waals surface area contributed by atoms with Crippen LogP contribution in [0.25, 0.3) is 22.2 Å². The van der Waals surface area contributed by atoms with Crippen LogP contribution in [0.3, 0.4) is 0 Å². The van der Waals surface area contributed by atoms with Crippen molar-refractivity contribution in [3.05, 3.63) is 50.8 Å². The monoisotopic (exact) mass is 416 g/mol. The molecule has 0 aliphatic rings. The van der Waals surface area contributed by atoms with Crippen LogP contribution in [0.5, 0.6) is 0 Å². The summed E-state index contributed by atoms with van der Waals surface area (Å²) in [6, 6.07) is 3.05. The lowest BCUT2D eigenvalue weighted by atomic mass is 10.0. The second-order valence-corrected chi connectivity index (χ2v) is 8.30. The minimum Gasteiger partial charge on any atom is -0.307 e. The first-order chi connectivity index (χ1) is 12.9. The zero-order chi connectivity index (χ0) is 20.9. The summed E-state index contributed by atoms with van der Waals surface area (Å²) < 4.78 is 65.6. The number of halogens is 3. The molecular weight excluding hydrogens is 401 g/mol. The highest BCUT2D eigenvalue weighted by Gasteiger charge is 2.35. The quantitative estimate of drug-likeness (QED) is 0.695. The first-order valence-electron chi connectivity index (χ1n) is 8.00. The minimum atomic E-state index is -4.76. The Morgan fingerprint density at radius 2 is 1.89 bits per heavy atom. The summed E-state index contributed by atoms with van der Waals surface area (Å²) >= 11 is 0. The average Bonchev–Trinajstić information content (AvgIpc) is 3.04. The third-order valence-corrected chi connectivity index (χ3v) is 4.81. The van der Waals surface area contributed by atoms with Gasteiger partial charge in [-0.15, -0.1) is 0 Å². The minimum absolute atomic E-state index is 0.136. The highest BCUT2D eigenvalue weighted by Crippen LogP contribution is 2.38. The number of fused-ring (bicyclic) bond motifs is 1. The zero-order valence-corrected chi connectivity index (χ0v) is 15.6. The molecule has 150 valence electrons. The Kier molecular flexibility index (Phi) is 4.69. The Bertz CT molecular complexity index is 1290. The summed E-state index contributed by atoms with van der Waals surface area (Å²) in [6.45, 7) is 1.99. The molecule has 12 heteroatoms. The zero-order valence-electron chi connectivity index (χ0n) is 14.7. The standard InChI is InChI=1S/C16H15F3N4O4S/c1-3-23-13(4-5-20-23)9-6-10-12(7-11(9)16(17,18)19)21-15(25)22(14(10)24)8-28(2,26)27/h4-7H,3,8H2,1-2H3,(H,21,25). The molecule has 0 amide bonds. The van der Waals surface area contributed by atoms with Crippen LogP contribution in [0.4, 0.5) is 13.2 Å². The van der Waals surface area contributed by atoms with Gasteiger partial charge >= 0.3 is 11.9 Å². The van der Waals surface area contributed by atoms with Gasteiger partial charge in [0.15, 0.2) is 9.84 Å². The van der Waals surface area contributed by atoms with Crippen LogP contribution in [-0.4, -0.2) is 34.0 Å². The Labute approximate surface area is 156 Å². The molecule has 0 fully saturated rings. The fraction of sp³-hybridized carbons (Fsp3) is 0.312. The lowest BCUT2D eigenvalue weighted by Gasteiger charge is -2.15. The number of nitrogens with one attached hydrogen (secondary N) is 1. The molecule has 8 nitrogen and oxygen atoms in total. The van der Waals surface area contributed by atoms with Crippen LogP contribution >= 0.6 is 0 Å². The number of aromatic nitrogens is 4. The molecule has 1 aromatic carbocycles. The molecule has 0 aliphatic heterocycles. The van der Waals surface area contributed by atoms with Crippen molar-refractivity contribution in [1.29, 1.82) is 0 Å². The molecule has 0 unspecified atom stereocenters. The van der Waals surface area contributed by atoms with E-state index in [-0.39, 0.29) is 22.2 Å². The van der Waals surface area contributed by atoms with Crippen LogP contribution < -0.4 is 11.2 Å². The predicted molar refractivity (Wildman–Crippen MR) is 95.6 cm³/mol. The summed E-state index contributed by atoms with van der Waals surface area (Å²) in [5.41, 5.74) is -3.65. The molecule has 2 aromatic heterocycles. The number of alkyl halides is 3. The van der Waals surface area contributed by atoms with Crippen molar-refractivity contribution in [3.8, 4) is 11.3 Å². The van der Waals surface area contributed by atoms with E-state index in [4.69, 9.17) is 0 Å². The number of aryl methyl sites for hydroxylation is 1. The summed E-state index contributed by atoms with van der Waals surface area (Å²) in [6.07, 6.45) is -2.59. The van der Waals surface area contributed by atoms with Gasteiger partial charge in [0.25, 0.3) is 5.56 Å². The lowest BCUT2D eigenvalue weighted by Crippen LogP contribution is -2.37. The molecule has 0 radical (unpaired) electrons. The topological polar surface area (TPSA) is 107 Å². The van der Waals surface area contributed by atoms with Gasteiger partial charge in [0.1, 0.15) is 5.88 Å². The highest BCUT2D eigenvalue weighted by atomic mass is 32.2. The number of benzene rings is 1. The van der Waals surface area contributed by atoms with Gasteiger partial charge in [-0.05, 0) is 25.1 Å². The first-order valence-corrected chi connectivity index (χ1v) is 10.1. The van der Waals surface area contributed by atoms with Crippen molar-refractivity contribution < 1.29 is 21.6 Å². The number of H-pyrrole nitrogens is 1. The lowest BCUT2D eigenvalue weighted by molar-refractivity contribution is -0.137. The number of rotatable bonds is 4. The number of sulfone groups is 1. The van der Waals surface area contributed by atoms with Gasteiger partial charge in [-0.1, -0.05) is 0 Å². The summed E-state index contributed by atoms with van der Waals surface area (Å²) in [4.78, 5) is 26.8. The molecule has 28 heavy (non-hydrogen) atoms. The molecule has 0 spiro atoms. The molecule has 1 N–H and O–H groups in total. The van der Waals surface area contributed by atoms with Gasteiger partial charge in [-0.3, -0.25) is 9.48 Å². The molecule has 2 heterocycles. The van der Waals surface area contributed by atoms with E-state index < -0.39 is 38.7 Å². The van der Waals surface area contributed by atoms with Gasteiger partial charge in [-0.25, -0.2) is 17.8 Å². The van der Waals surface area contributed by atoms with Crippen molar-refractivity contribution in [2.45, 2.75) is 25.5 Å². The Morgan fingerprint density at radius 3 is 2.46 bits per heavy atom. The van der Waals surface area contributed by atoms with E-state index in [1.165, 1.54) is 16.9 Å². The molecule has 0 atom stereocenters. The van der Waals surface area contributed by atoms with Crippen molar-refractivity contribution in [3.63, 3.8) is 0 Å². The van der Waals surface area contributed by atoms with E-state index in [2.05, 4.69) is 10.1 Å². The third kappa shape index (κ3) is 3.59. The van der Waals surface area contributed by atoms with Crippen LogP contribution in [0.15, 0.2) is 34.0 Å². The summed E-state index contributed by atoms with van der Waals surface area (Å²) in [7, 11) is -3.74. The second-order valence-electron chi connectivity index (χ2n) is 6.19. The van der Waals surface area contributed by atoms with E-state index >= 15 is 0 Å². The molecule has 0 saturated carbocycles. The van der Waals surface area contributed by atoms with Crippen LogP contribution in [0.2, 0.25) is 0 Å². The predicted octanol–water partition coefficient (Wildman–Crippen LogP) is 1.59. The van der Waals surface area contributed by atoms with Crippen molar-refractivity contribution in [1.82, 2.24) is 19.3 Å². The van der Waals surface area contributed by atoms with Crippen LogP contribution in [0, 0.1) is 0 Å². The highest BCUT2D eigenvalue weighted by molar-refractivity contribution is 7.89. The van der Waals surface area contributed by atoms with Crippen LogP contribution in [-0.2, 0) is 28.4 Å². The van der Waals surface area contributed by atoms with Gasteiger partial charge in [-0.2, -0.15) is 18.3 Å². The second kappa shape index (κ2) is 6.62. The maximum atomic E-state index is 13.6. The summed E-state index contributed by atoms with van der Waals surface area (Å²) in [5, 5.41) is 3.71. The fourth-order valence-electron chi connectivity index (χ4n) is 2.91. The van der Waals surface area contributed by atoms with Crippen molar-refractivity contribution in [2.24, 2.45) is 0 Å². The SMILES string of the molecule is CCn1nccc1-c1cc2c(=O)n(CS(C)(=O)=O)c(=O)[nH]c2cc1C(F)(F)F. The summed E-state index contributed by atoms with van der Waals surface area (Å²) in [5.74, 6) is -0.889. The van der Waals surface area contributed by atoms with E-state index in [9.17, 15) is 31.2 Å². The number of hydrogen-bond donors (Lipinski definition) is 1. The van der Waals surface area contributed by atoms with Crippen molar-refractivity contribution >= 4 is 20.7 Å². The maximum Gasteiger partial charge on any atom is 0.417 e. The number of nitrogens with zero attached hydrogens (tertiary/aromatic N) is 3. The Hall–Kier alpha value is -2.89.